The van der Waals surface area contributed by atoms with E-state index in [0.29, 0.717) is 0 Å². The molecule has 0 saturated carbocycles. The summed E-state index contributed by atoms with van der Waals surface area (Å²) in [7, 11) is 0. The number of nitrogens with one attached hydrogen (secondary N) is 1. The number of hydrogen-bond acceptors (Lipinski definition) is 2. The van der Waals surface area contributed by atoms with E-state index in [4.69, 9.17) is 0 Å². The van der Waals surface area contributed by atoms with Gasteiger partial charge in [-0.25, -0.2) is 4.39 Å². The molecule has 1 aromatic heterocycles. The van der Waals surface area contributed by atoms with E-state index < -0.39 is 0 Å². The normalized spacial score (nSPS) is 12.2. The first kappa shape index (κ1) is 18.1. The summed E-state index contributed by atoms with van der Waals surface area (Å²) in [6.45, 7) is 2.12. The molecule has 0 fully saturated rings. The number of carbonyl (C=O) groups is 1. The predicted molar refractivity (Wildman–Crippen MR) is 106 cm³/mol. The molecule has 1 heterocycles. The number of benzene rings is 2. The SMILES string of the molecule is CCc1ccc([C@@H](NC(=O)/C=C/c2ccc(F)cc2)c2cccs2)cc1. The minimum Gasteiger partial charge on any atom is -0.341 e. The molecule has 3 aromatic rings. The first-order valence-electron chi connectivity index (χ1n) is 8.52. The number of rotatable bonds is 6. The topological polar surface area (TPSA) is 29.1 Å². The van der Waals surface area contributed by atoms with Crippen molar-refractivity contribution in [1.82, 2.24) is 5.32 Å². The van der Waals surface area contributed by atoms with Gasteiger partial charge >= 0.3 is 0 Å². The van der Waals surface area contributed by atoms with Gasteiger partial charge in [0.15, 0.2) is 0 Å². The maximum atomic E-state index is 13.0. The summed E-state index contributed by atoms with van der Waals surface area (Å²) in [6, 6.07) is 18.2. The smallest absolute Gasteiger partial charge is 0.244 e. The second-order valence-corrected chi connectivity index (χ2v) is 6.92. The van der Waals surface area contributed by atoms with Gasteiger partial charge in [-0.05, 0) is 52.8 Å². The first-order valence-corrected chi connectivity index (χ1v) is 9.40. The van der Waals surface area contributed by atoms with Gasteiger partial charge in [0.25, 0.3) is 0 Å². The minimum absolute atomic E-state index is 0.188. The molecule has 0 aliphatic rings. The highest BCUT2D eigenvalue weighted by molar-refractivity contribution is 7.10. The quantitative estimate of drug-likeness (QED) is 0.585. The number of carbonyl (C=O) groups excluding carboxylic acids is 1. The van der Waals surface area contributed by atoms with Crippen molar-refractivity contribution in [3.05, 3.63) is 99.5 Å². The molecular weight excluding hydrogens is 345 g/mol. The van der Waals surface area contributed by atoms with Crippen LogP contribution in [0.15, 0.2) is 72.1 Å². The first-order chi connectivity index (χ1) is 12.7. The van der Waals surface area contributed by atoms with Crippen LogP contribution in [0.1, 0.15) is 34.5 Å². The monoisotopic (exact) mass is 365 g/mol. The summed E-state index contributed by atoms with van der Waals surface area (Å²) < 4.78 is 13.0. The Kier molecular flexibility index (Phi) is 5.97. The van der Waals surface area contributed by atoms with Crippen LogP contribution < -0.4 is 5.32 Å². The molecule has 0 unspecified atom stereocenters. The molecule has 0 bridgehead atoms. The van der Waals surface area contributed by atoms with E-state index in [0.717, 1.165) is 22.4 Å². The van der Waals surface area contributed by atoms with Crippen LogP contribution in [0.25, 0.3) is 6.08 Å². The van der Waals surface area contributed by atoms with E-state index in [1.165, 1.54) is 23.8 Å². The Bertz CT molecular complexity index is 868. The summed E-state index contributed by atoms with van der Waals surface area (Å²) in [6.07, 6.45) is 4.14. The highest BCUT2D eigenvalue weighted by Gasteiger charge is 2.16. The van der Waals surface area contributed by atoms with Crippen LogP contribution in [0.3, 0.4) is 0 Å². The fourth-order valence-electron chi connectivity index (χ4n) is 2.66. The van der Waals surface area contributed by atoms with Crippen molar-refractivity contribution in [3.63, 3.8) is 0 Å². The fraction of sp³-hybridized carbons (Fsp3) is 0.136. The van der Waals surface area contributed by atoms with Crippen LogP contribution >= 0.6 is 11.3 Å². The molecule has 1 atom stereocenters. The average molecular weight is 365 g/mol. The molecular formula is C22H20FNOS. The Balaban J connectivity index is 1.77. The molecule has 0 spiro atoms. The van der Waals surface area contributed by atoms with Crippen LogP contribution in [0.4, 0.5) is 4.39 Å². The summed E-state index contributed by atoms with van der Waals surface area (Å²) in [4.78, 5) is 13.5. The Hall–Kier alpha value is -2.72. The lowest BCUT2D eigenvalue weighted by Crippen LogP contribution is -2.27. The van der Waals surface area contributed by atoms with Crippen molar-refractivity contribution < 1.29 is 9.18 Å². The zero-order chi connectivity index (χ0) is 18.4. The highest BCUT2D eigenvalue weighted by atomic mass is 32.1. The molecule has 0 aliphatic heterocycles. The molecule has 26 heavy (non-hydrogen) atoms. The second-order valence-electron chi connectivity index (χ2n) is 5.94. The van der Waals surface area contributed by atoms with Gasteiger partial charge < -0.3 is 5.32 Å². The van der Waals surface area contributed by atoms with E-state index in [-0.39, 0.29) is 17.8 Å². The van der Waals surface area contributed by atoms with E-state index in [2.05, 4.69) is 36.5 Å². The van der Waals surface area contributed by atoms with Gasteiger partial charge in [0, 0.05) is 11.0 Å². The molecule has 2 aromatic carbocycles. The van der Waals surface area contributed by atoms with E-state index in [9.17, 15) is 9.18 Å². The van der Waals surface area contributed by atoms with Crippen molar-refractivity contribution in [3.8, 4) is 0 Å². The molecule has 3 rings (SSSR count). The third kappa shape index (κ3) is 4.67. The van der Waals surface area contributed by atoms with Gasteiger partial charge in [0.05, 0.1) is 6.04 Å². The van der Waals surface area contributed by atoms with E-state index in [1.807, 2.05) is 17.5 Å². The Morgan fingerprint density at radius 1 is 1.12 bits per heavy atom. The molecule has 1 N–H and O–H groups in total. The largest absolute Gasteiger partial charge is 0.341 e. The number of hydrogen-bond donors (Lipinski definition) is 1. The minimum atomic E-state index is -0.292. The van der Waals surface area contributed by atoms with Crippen molar-refractivity contribution in [2.24, 2.45) is 0 Å². The van der Waals surface area contributed by atoms with Gasteiger partial charge in [-0.15, -0.1) is 11.3 Å². The Labute approximate surface area is 157 Å². The number of aryl methyl sites for hydroxylation is 1. The molecule has 4 heteroatoms. The molecule has 132 valence electrons. The summed E-state index contributed by atoms with van der Waals surface area (Å²) in [5.74, 6) is -0.479. The molecule has 0 aliphatic carbocycles. The lowest BCUT2D eigenvalue weighted by Gasteiger charge is -2.17. The van der Waals surface area contributed by atoms with Crippen LogP contribution in [0.2, 0.25) is 0 Å². The van der Waals surface area contributed by atoms with Crippen LogP contribution in [-0.2, 0) is 11.2 Å². The van der Waals surface area contributed by atoms with Crippen molar-refractivity contribution in [2.45, 2.75) is 19.4 Å². The van der Waals surface area contributed by atoms with E-state index in [1.54, 1.807) is 29.5 Å². The lowest BCUT2D eigenvalue weighted by atomic mass is 10.0. The van der Waals surface area contributed by atoms with Crippen molar-refractivity contribution in [1.29, 1.82) is 0 Å². The predicted octanol–water partition coefficient (Wildman–Crippen LogP) is 5.37. The van der Waals surface area contributed by atoms with Gasteiger partial charge in [0.2, 0.25) is 5.91 Å². The standard InChI is InChI=1S/C22H20FNOS/c1-2-16-5-10-18(11-6-16)22(20-4-3-15-26-20)24-21(25)14-9-17-7-12-19(23)13-8-17/h3-15,22H,2H2,1H3,(H,24,25)/b14-9+/t22-/m1/s1. The summed E-state index contributed by atoms with van der Waals surface area (Å²) in [5, 5.41) is 5.07. The Morgan fingerprint density at radius 3 is 2.46 bits per heavy atom. The van der Waals surface area contributed by atoms with Gasteiger partial charge in [0.1, 0.15) is 5.82 Å². The zero-order valence-corrected chi connectivity index (χ0v) is 15.3. The van der Waals surface area contributed by atoms with Gasteiger partial charge in [-0.1, -0.05) is 49.4 Å². The van der Waals surface area contributed by atoms with Crippen molar-refractivity contribution >= 4 is 23.3 Å². The average Bonchev–Trinajstić information content (AvgIpc) is 3.20. The maximum absolute atomic E-state index is 13.0. The number of thiophene rings is 1. The molecule has 0 saturated heterocycles. The fourth-order valence-corrected chi connectivity index (χ4v) is 3.46. The zero-order valence-electron chi connectivity index (χ0n) is 14.5. The highest BCUT2D eigenvalue weighted by Crippen LogP contribution is 2.26. The van der Waals surface area contributed by atoms with Crippen LogP contribution in [0.5, 0.6) is 0 Å². The van der Waals surface area contributed by atoms with Crippen LogP contribution in [0, 0.1) is 5.82 Å². The van der Waals surface area contributed by atoms with Crippen LogP contribution in [-0.4, -0.2) is 5.91 Å². The number of amides is 1. The lowest BCUT2D eigenvalue weighted by molar-refractivity contribution is -0.116. The van der Waals surface area contributed by atoms with Gasteiger partial charge in [-0.3, -0.25) is 4.79 Å². The molecule has 2 nitrogen and oxygen atoms in total. The summed E-state index contributed by atoms with van der Waals surface area (Å²) >= 11 is 1.61. The maximum Gasteiger partial charge on any atom is 0.244 e. The second kappa shape index (κ2) is 8.59. The Morgan fingerprint density at radius 2 is 1.85 bits per heavy atom. The molecule has 1 amide bonds. The number of halogens is 1. The third-order valence-corrected chi connectivity index (χ3v) is 5.07. The molecule has 0 radical (unpaired) electrons. The van der Waals surface area contributed by atoms with Gasteiger partial charge in [-0.2, -0.15) is 0 Å². The van der Waals surface area contributed by atoms with E-state index >= 15 is 0 Å². The van der Waals surface area contributed by atoms with Crippen molar-refractivity contribution in [2.75, 3.05) is 0 Å². The summed E-state index contributed by atoms with van der Waals surface area (Å²) in [5.41, 5.74) is 3.09. The third-order valence-electron chi connectivity index (χ3n) is 4.13.